The first-order valence-corrected chi connectivity index (χ1v) is 6.64. The average molecular weight is 223 g/mol. The summed E-state index contributed by atoms with van der Waals surface area (Å²) in [6, 6.07) is 0.667. The molecule has 0 aliphatic carbocycles. The molecule has 94 valence electrons. The fourth-order valence-corrected chi connectivity index (χ4v) is 2.84. The van der Waals surface area contributed by atoms with E-state index in [-0.39, 0.29) is 0 Å². The summed E-state index contributed by atoms with van der Waals surface area (Å²) in [5.41, 5.74) is 1.63. The number of allylic oxidation sites excluding steroid dienone is 1. The highest BCUT2D eigenvalue weighted by atomic mass is 15.2. The minimum Gasteiger partial charge on any atom is -0.375 e. The van der Waals surface area contributed by atoms with Crippen molar-refractivity contribution in [2.24, 2.45) is 23.2 Å². The molecule has 0 N–H and O–H groups in total. The zero-order valence-corrected chi connectivity index (χ0v) is 12.2. The fraction of sp³-hybridized carbons (Fsp3) is 0.867. The molecule has 0 aromatic heterocycles. The van der Waals surface area contributed by atoms with E-state index < -0.39 is 0 Å². The van der Waals surface area contributed by atoms with Gasteiger partial charge in [-0.3, -0.25) is 0 Å². The maximum atomic E-state index is 4.33. The van der Waals surface area contributed by atoms with Crippen molar-refractivity contribution < 1.29 is 0 Å². The van der Waals surface area contributed by atoms with E-state index in [1.54, 1.807) is 0 Å². The van der Waals surface area contributed by atoms with Gasteiger partial charge in [-0.25, -0.2) is 0 Å². The minimum absolute atomic E-state index is 0.294. The molecule has 1 heterocycles. The maximum absolute atomic E-state index is 4.33. The van der Waals surface area contributed by atoms with Gasteiger partial charge in [0.2, 0.25) is 0 Å². The second-order valence-electron chi connectivity index (χ2n) is 6.50. The number of hydrogen-bond acceptors (Lipinski definition) is 1. The monoisotopic (exact) mass is 223 g/mol. The van der Waals surface area contributed by atoms with Gasteiger partial charge in [0.25, 0.3) is 0 Å². The Balaban J connectivity index is 2.92. The maximum Gasteiger partial charge on any atom is 0.0320 e. The van der Waals surface area contributed by atoms with Crippen molar-refractivity contribution >= 4 is 0 Å². The van der Waals surface area contributed by atoms with Crippen LogP contribution in [0.25, 0.3) is 0 Å². The van der Waals surface area contributed by atoms with Gasteiger partial charge in [0, 0.05) is 24.2 Å². The van der Waals surface area contributed by atoms with Crippen molar-refractivity contribution in [1.29, 1.82) is 0 Å². The van der Waals surface area contributed by atoms with Crippen molar-refractivity contribution in [3.63, 3.8) is 0 Å². The third-order valence-electron chi connectivity index (χ3n) is 5.15. The molecule has 1 aliphatic heterocycles. The van der Waals surface area contributed by atoms with Crippen LogP contribution in [0.5, 0.6) is 0 Å². The Kier molecular flexibility index (Phi) is 3.76. The third-order valence-corrected chi connectivity index (χ3v) is 5.15. The summed E-state index contributed by atoms with van der Waals surface area (Å²) in [5.74, 6) is 2.16. The molecule has 1 rings (SSSR count). The predicted octanol–water partition coefficient (Wildman–Crippen LogP) is 4.16. The van der Waals surface area contributed by atoms with Crippen LogP contribution in [-0.4, -0.2) is 18.0 Å². The molecular formula is C15H29N. The van der Waals surface area contributed by atoms with Crippen LogP contribution in [0.3, 0.4) is 0 Å². The van der Waals surface area contributed by atoms with Crippen molar-refractivity contribution in [3.8, 4) is 0 Å². The number of likely N-dealkylation sites (tertiary alicyclic amines) is 1. The topological polar surface area (TPSA) is 3.24 Å². The molecule has 3 unspecified atom stereocenters. The van der Waals surface area contributed by atoms with Crippen LogP contribution in [-0.2, 0) is 0 Å². The zero-order valence-electron chi connectivity index (χ0n) is 12.2. The van der Waals surface area contributed by atoms with Gasteiger partial charge in [0.1, 0.15) is 0 Å². The van der Waals surface area contributed by atoms with E-state index in [1.807, 2.05) is 0 Å². The van der Waals surface area contributed by atoms with Crippen LogP contribution in [0.4, 0.5) is 0 Å². The van der Waals surface area contributed by atoms with Gasteiger partial charge in [0.15, 0.2) is 0 Å². The van der Waals surface area contributed by atoms with E-state index >= 15 is 0 Å². The van der Waals surface area contributed by atoms with E-state index in [1.165, 1.54) is 12.1 Å². The number of nitrogens with zero attached hydrogens (tertiary/aromatic N) is 1. The van der Waals surface area contributed by atoms with Crippen LogP contribution in [0, 0.1) is 23.2 Å². The summed E-state index contributed by atoms with van der Waals surface area (Å²) in [6.45, 7) is 18.4. The first kappa shape index (κ1) is 13.6. The Morgan fingerprint density at radius 1 is 1.25 bits per heavy atom. The Morgan fingerprint density at radius 2 is 1.75 bits per heavy atom. The van der Waals surface area contributed by atoms with E-state index in [9.17, 15) is 0 Å². The SMILES string of the molecule is C=C1N(C)C(C(C)C(C)C)CC1(C)C(C)C. The van der Waals surface area contributed by atoms with Crippen LogP contribution < -0.4 is 0 Å². The molecule has 1 heteroatoms. The number of hydrogen-bond donors (Lipinski definition) is 0. The highest BCUT2D eigenvalue weighted by molar-refractivity contribution is 5.17. The van der Waals surface area contributed by atoms with Gasteiger partial charge in [0.05, 0.1) is 0 Å². The molecule has 0 aromatic rings. The second-order valence-corrected chi connectivity index (χ2v) is 6.50. The summed E-state index contributed by atoms with van der Waals surface area (Å²) in [7, 11) is 2.22. The molecule has 0 spiro atoms. The predicted molar refractivity (Wildman–Crippen MR) is 72.3 cm³/mol. The van der Waals surface area contributed by atoms with Crippen LogP contribution in [0.2, 0.25) is 0 Å². The lowest BCUT2D eigenvalue weighted by atomic mass is 9.73. The Labute approximate surface area is 102 Å². The molecule has 1 fully saturated rings. The van der Waals surface area contributed by atoms with Crippen LogP contribution >= 0.6 is 0 Å². The van der Waals surface area contributed by atoms with Crippen LogP contribution in [0.15, 0.2) is 12.3 Å². The van der Waals surface area contributed by atoms with E-state index in [4.69, 9.17) is 0 Å². The molecule has 0 saturated carbocycles. The quantitative estimate of drug-likeness (QED) is 0.694. The molecular weight excluding hydrogens is 194 g/mol. The lowest BCUT2D eigenvalue weighted by molar-refractivity contribution is 0.210. The van der Waals surface area contributed by atoms with Crippen molar-refractivity contribution in [2.45, 2.75) is 54.0 Å². The van der Waals surface area contributed by atoms with Gasteiger partial charge < -0.3 is 4.90 Å². The van der Waals surface area contributed by atoms with Gasteiger partial charge in [-0.05, 0) is 24.2 Å². The molecule has 0 bridgehead atoms. The summed E-state index contributed by atoms with van der Waals surface area (Å²) < 4.78 is 0. The molecule has 3 atom stereocenters. The molecule has 0 amide bonds. The Morgan fingerprint density at radius 3 is 2.06 bits per heavy atom. The van der Waals surface area contributed by atoms with Gasteiger partial charge in [-0.1, -0.05) is 48.1 Å². The van der Waals surface area contributed by atoms with E-state index in [2.05, 4.69) is 60.1 Å². The first-order valence-electron chi connectivity index (χ1n) is 6.64. The molecule has 16 heavy (non-hydrogen) atoms. The van der Waals surface area contributed by atoms with Gasteiger partial charge in [-0.15, -0.1) is 0 Å². The molecule has 1 nitrogen and oxygen atoms in total. The average Bonchev–Trinajstić information content (AvgIpc) is 2.43. The van der Waals surface area contributed by atoms with Gasteiger partial charge in [-0.2, -0.15) is 0 Å². The summed E-state index contributed by atoms with van der Waals surface area (Å²) in [5, 5.41) is 0. The van der Waals surface area contributed by atoms with Gasteiger partial charge >= 0.3 is 0 Å². The summed E-state index contributed by atoms with van der Waals surface area (Å²) in [6.07, 6.45) is 1.26. The third kappa shape index (κ3) is 2.01. The highest BCUT2D eigenvalue weighted by Gasteiger charge is 2.45. The second kappa shape index (κ2) is 4.43. The minimum atomic E-state index is 0.294. The van der Waals surface area contributed by atoms with E-state index in [0.29, 0.717) is 17.4 Å². The Hall–Kier alpha value is -0.460. The van der Waals surface area contributed by atoms with E-state index in [0.717, 1.165) is 11.8 Å². The smallest absolute Gasteiger partial charge is 0.0320 e. The molecule has 1 aliphatic rings. The molecule has 0 radical (unpaired) electrons. The molecule has 1 saturated heterocycles. The lowest BCUT2D eigenvalue weighted by Crippen LogP contribution is -2.32. The molecule has 0 aromatic carbocycles. The van der Waals surface area contributed by atoms with Crippen molar-refractivity contribution in [2.75, 3.05) is 7.05 Å². The zero-order chi connectivity index (χ0) is 12.7. The fourth-order valence-electron chi connectivity index (χ4n) is 2.84. The normalized spacial score (nSPS) is 32.9. The summed E-state index contributed by atoms with van der Waals surface area (Å²) >= 11 is 0. The highest BCUT2D eigenvalue weighted by Crippen LogP contribution is 2.49. The van der Waals surface area contributed by atoms with Crippen molar-refractivity contribution in [1.82, 2.24) is 4.90 Å². The first-order chi connectivity index (χ1) is 7.21. The van der Waals surface area contributed by atoms with Crippen molar-refractivity contribution in [3.05, 3.63) is 12.3 Å². The summed E-state index contributed by atoms with van der Waals surface area (Å²) in [4.78, 5) is 2.44. The standard InChI is InChI=1S/C15H29N/c1-10(2)12(5)14-9-15(7,11(3)4)13(6)16(14)8/h10-12,14H,6,9H2,1-5,7-8H3. The lowest BCUT2D eigenvalue weighted by Gasteiger charge is -2.31. The van der Waals surface area contributed by atoms with Crippen LogP contribution in [0.1, 0.15) is 48.0 Å². The largest absolute Gasteiger partial charge is 0.375 e. The Bertz CT molecular complexity index is 267. The number of rotatable bonds is 3.